The van der Waals surface area contributed by atoms with Crippen molar-refractivity contribution in [2.75, 3.05) is 0 Å². The van der Waals surface area contributed by atoms with Gasteiger partial charge in [-0.2, -0.15) is 0 Å². The fraction of sp³-hybridized carbons (Fsp3) is 0.250. The Kier molecular flexibility index (Phi) is 5.91. The van der Waals surface area contributed by atoms with Gasteiger partial charge in [-0.25, -0.2) is 0 Å². The van der Waals surface area contributed by atoms with Crippen LogP contribution in [0.15, 0.2) is 46.9 Å². The van der Waals surface area contributed by atoms with Gasteiger partial charge >= 0.3 is 0 Å². The molecule has 0 spiro atoms. The summed E-state index contributed by atoms with van der Waals surface area (Å²) in [6.07, 6.45) is 0.992. The van der Waals surface area contributed by atoms with Crippen LogP contribution < -0.4 is 5.32 Å². The van der Waals surface area contributed by atoms with E-state index in [9.17, 15) is 0 Å². The monoisotopic (exact) mass is 371 g/mol. The van der Waals surface area contributed by atoms with Crippen LogP contribution in [0.1, 0.15) is 30.5 Å². The van der Waals surface area contributed by atoms with Gasteiger partial charge in [-0.3, -0.25) is 0 Å². The van der Waals surface area contributed by atoms with Crippen LogP contribution in [0.2, 0.25) is 10.0 Å². The molecular weight excluding hydrogens is 357 g/mol. The normalized spacial score (nSPS) is 12.4. The number of nitrogens with one attached hydrogen (secondary N) is 1. The molecule has 4 heteroatoms. The number of benzene rings is 2. The maximum Gasteiger partial charge on any atom is 0.0595 e. The van der Waals surface area contributed by atoms with Crippen molar-refractivity contribution in [3.63, 3.8) is 0 Å². The summed E-state index contributed by atoms with van der Waals surface area (Å²) < 4.78 is 1.10. The van der Waals surface area contributed by atoms with Crippen LogP contribution in [-0.2, 0) is 6.54 Å². The van der Waals surface area contributed by atoms with Crippen LogP contribution in [0.5, 0.6) is 0 Å². The summed E-state index contributed by atoms with van der Waals surface area (Å²) in [6, 6.07) is 14.4. The second-order valence-electron chi connectivity index (χ2n) is 4.65. The van der Waals surface area contributed by atoms with Crippen LogP contribution in [0.25, 0.3) is 0 Å². The van der Waals surface area contributed by atoms with E-state index in [0.29, 0.717) is 10.0 Å². The minimum atomic E-state index is 0.267. The molecule has 0 saturated carbocycles. The van der Waals surface area contributed by atoms with E-state index in [0.717, 1.165) is 23.0 Å². The lowest BCUT2D eigenvalue weighted by Crippen LogP contribution is -2.20. The summed E-state index contributed by atoms with van der Waals surface area (Å²) in [5.74, 6) is 0. The highest BCUT2D eigenvalue weighted by Gasteiger charge is 2.10. The van der Waals surface area contributed by atoms with Gasteiger partial charge in [0, 0.05) is 17.1 Å². The quantitative estimate of drug-likeness (QED) is 0.678. The third-order valence-electron chi connectivity index (χ3n) is 3.20. The molecule has 0 aliphatic rings. The van der Waals surface area contributed by atoms with Crippen LogP contribution in [-0.4, -0.2) is 0 Å². The van der Waals surface area contributed by atoms with Crippen LogP contribution in [0.4, 0.5) is 0 Å². The summed E-state index contributed by atoms with van der Waals surface area (Å²) in [4.78, 5) is 0. The van der Waals surface area contributed by atoms with E-state index >= 15 is 0 Å². The first-order valence-electron chi connectivity index (χ1n) is 6.53. The fourth-order valence-corrected chi connectivity index (χ4v) is 2.87. The van der Waals surface area contributed by atoms with Gasteiger partial charge in [0.1, 0.15) is 0 Å². The van der Waals surface area contributed by atoms with Crippen LogP contribution in [0.3, 0.4) is 0 Å². The van der Waals surface area contributed by atoms with E-state index < -0.39 is 0 Å². The molecule has 1 N–H and O–H groups in total. The standard InChI is InChI=1S/C16H16BrCl2N/c1-2-16(12-6-7-14(18)15(19)9-12)20-10-11-4-3-5-13(17)8-11/h3-9,16,20H,2,10H2,1H3. The Bertz CT molecular complexity index is 586. The van der Waals surface area contributed by atoms with Crippen molar-refractivity contribution in [2.45, 2.75) is 25.9 Å². The first-order chi connectivity index (χ1) is 9.60. The van der Waals surface area contributed by atoms with Gasteiger partial charge in [-0.15, -0.1) is 0 Å². The predicted molar refractivity (Wildman–Crippen MR) is 90.5 cm³/mol. The SMILES string of the molecule is CCC(NCc1cccc(Br)c1)c1ccc(Cl)c(Cl)c1. The Morgan fingerprint density at radius 2 is 1.90 bits per heavy atom. The molecule has 0 fully saturated rings. The molecule has 0 aliphatic heterocycles. The van der Waals surface area contributed by atoms with E-state index in [1.54, 1.807) is 0 Å². The Morgan fingerprint density at radius 1 is 1.10 bits per heavy atom. The molecule has 1 nitrogen and oxygen atoms in total. The topological polar surface area (TPSA) is 12.0 Å². The van der Waals surface area contributed by atoms with Crippen LogP contribution in [0, 0.1) is 0 Å². The summed E-state index contributed by atoms with van der Waals surface area (Å²) in [5.41, 5.74) is 2.41. The average Bonchev–Trinajstić information content (AvgIpc) is 2.43. The zero-order valence-corrected chi connectivity index (χ0v) is 14.3. The zero-order valence-electron chi connectivity index (χ0n) is 11.2. The van der Waals surface area contributed by atoms with E-state index in [4.69, 9.17) is 23.2 Å². The van der Waals surface area contributed by atoms with Gasteiger partial charge in [0.2, 0.25) is 0 Å². The fourth-order valence-electron chi connectivity index (χ4n) is 2.11. The molecule has 1 unspecified atom stereocenters. The lowest BCUT2D eigenvalue weighted by Gasteiger charge is -2.18. The van der Waals surface area contributed by atoms with Crippen molar-refractivity contribution >= 4 is 39.1 Å². The third-order valence-corrected chi connectivity index (χ3v) is 4.43. The first-order valence-corrected chi connectivity index (χ1v) is 8.08. The molecule has 0 saturated heterocycles. The molecule has 20 heavy (non-hydrogen) atoms. The smallest absolute Gasteiger partial charge is 0.0595 e. The highest BCUT2D eigenvalue weighted by atomic mass is 79.9. The van der Waals surface area contributed by atoms with E-state index in [2.05, 4.69) is 40.3 Å². The van der Waals surface area contributed by atoms with Gasteiger partial charge in [-0.1, -0.05) is 64.3 Å². The maximum absolute atomic E-state index is 6.09. The molecule has 2 aromatic carbocycles. The van der Waals surface area contributed by atoms with Crippen molar-refractivity contribution in [3.05, 3.63) is 68.1 Å². The molecule has 0 aliphatic carbocycles. The number of hydrogen-bond donors (Lipinski definition) is 1. The summed E-state index contributed by atoms with van der Waals surface area (Å²) >= 11 is 15.5. The minimum absolute atomic E-state index is 0.267. The number of halogens is 3. The molecule has 1 atom stereocenters. The molecular formula is C16H16BrCl2N. The Morgan fingerprint density at radius 3 is 2.55 bits per heavy atom. The largest absolute Gasteiger partial charge is 0.306 e. The van der Waals surface area contributed by atoms with Gasteiger partial charge in [0.05, 0.1) is 10.0 Å². The lowest BCUT2D eigenvalue weighted by molar-refractivity contribution is 0.519. The van der Waals surface area contributed by atoms with Crippen molar-refractivity contribution in [3.8, 4) is 0 Å². The van der Waals surface area contributed by atoms with Gasteiger partial charge in [0.15, 0.2) is 0 Å². The second-order valence-corrected chi connectivity index (χ2v) is 6.38. The maximum atomic E-state index is 6.09. The average molecular weight is 373 g/mol. The summed E-state index contributed by atoms with van der Waals surface area (Å²) in [6.45, 7) is 2.97. The lowest BCUT2D eigenvalue weighted by atomic mass is 10.0. The molecule has 106 valence electrons. The van der Waals surface area contributed by atoms with Crippen molar-refractivity contribution in [2.24, 2.45) is 0 Å². The molecule has 0 radical (unpaired) electrons. The third kappa shape index (κ3) is 4.23. The van der Waals surface area contributed by atoms with E-state index in [1.165, 1.54) is 5.56 Å². The minimum Gasteiger partial charge on any atom is -0.306 e. The highest BCUT2D eigenvalue weighted by molar-refractivity contribution is 9.10. The van der Waals surface area contributed by atoms with E-state index in [1.807, 2.05) is 30.3 Å². The van der Waals surface area contributed by atoms with Crippen molar-refractivity contribution < 1.29 is 0 Å². The predicted octanol–water partition coefficient (Wildman–Crippen LogP) is 6.00. The highest BCUT2D eigenvalue weighted by Crippen LogP contribution is 2.27. The molecule has 0 bridgehead atoms. The number of hydrogen-bond acceptors (Lipinski definition) is 1. The molecule has 0 aromatic heterocycles. The van der Waals surface area contributed by atoms with Crippen molar-refractivity contribution in [1.82, 2.24) is 5.32 Å². The van der Waals surface area contributed by atoms with Gasteiger partial charge < -0.3 is 5.32 Å². The van der Waals surface area contributed by atoms with Crippen molar-refractivity contribution in [1.29, 1.82) is 0 Å². The van der Waals surface area contributed by atoms with Gasteiger partial charge in [0.25, 0.3) is 0 Å². The number of rotatable bonds is 5. The Balaban J connectivity index is 2.07. The first kappa shape index (κ1) is 15.8. The zero-order chi connectivity index (χ0) is 14.5. The molecule has 0 heterocycles. The summed E-state index contributed by atoms with van der Waals surface area (Å²) in [7, 11) is 0. The molecule has 2 aromatic rings. The van der Waals surface area contributed by atoms with E-state index in [-0.39, 0.29) is 6.04 Å². The summed E-state index contributed by atoms with van der Waals surface area (Å²) in [5, 5.41) is 4.75. The van der Waals surface area contributed by atoms with Gasteiger partial charge in [-0.05, 0) is 41.8 Å². The second kappa shape index (κ2) is 7.46. The van der Waals surface area contributed by atoms with Crippen LogP contribution >= 0.6 is 39.1 Å². The Hall–Kier alpha value is -0.540. The molecule has 0 amide bonds. The Labute approximate surface area is 138 Å². The molecule has 2 rings (SSSR count).